The number of nitrogens with zero attached hydrogens (tertiary/aromatic N) is 5. The number of rotatable bonds is 4. The minimum atomic E-state index is -3.91. The standard InChI is InChI=1S/C9H12ClN5O2S/c1-3-6-15-8(7-4-5-11-14(7)2)12-13-9(15)18(10,16)17/h4-5H,3,6H2,1-2H3. The number of hydrogen-bond acceptors (Lipinski definition) is 5. The maximum absolute atomic E-state index is 11.4. The monoisotopic (exact) mass is 289 g/mol. The molecule has 0 aliphatic carbocycles. The molecular formula is C9H12ClN5O2S. The summed E-state index contributed by atoms with van der Waals surface area (Å²) in [6, 6.07) is 1.74. The highest BCUT2D eigenvalue weighted by atomic mass is 35.7. The van der Waals surface area contributed by atoms with Gasteiger partial charge >= 0.3 is 0 Å². The third-order valence-corrected chi connectivity index (χ3v) is 3.58. The van der Waals surface area contributed by atoms with Crippen LogP contribution in [0.3, 0.4) is 0 Å². The highest BCUT2D eigenvalue weighted by Gasteiger charge is 2.23. The van der Waals surface area contributed by atoms with Gasteiger partial charge in [0.05, 0.1) is 0 Å². The van der Waals surface area contributed by atoms with Crippen LogP contribution in [0.15, 0.2) is 17.4 Å². The Morgan fingerprint density at radius 1 is 1.39 bits per heavy atom. The average Bonchev–Trinajstić information content (AvgIpc) is 2.84. The second-order valence-electron chi connectivity index (χ2n) is 3.74. The molecule has 0 N–H and O–H groups in total. The Hall–Kier alpha value is -1.41. The van der Waals surface area contributed by atoms with E-state index in [0.717, 1.165) is 6.42 Å². The summed E-state index contributed by atoms with van der Waals surface area (Å²) in [5.41, 5.74) is 0.683. The van der Waals surface area contributed by atoms with Crippen LogP contribution in [0.1, 0.15) is 13.3 Å². The van der Waals surface area contributed by atoms with Crippen LogP contribution in [-0.2, 0) is 22.6 Å². The van der Waals surface area contributed by atoms with Crippen molar-refractivity contribution in [2.75, 3.05) is 0 Å². The second-order valence-corrected chi connectivity index (χ2v) is 6.20. The molecule has 2 rings (SSSR count). The lowest BCUT2D eigenvalue weighted by Gasteiger charge is -2.07. The smallest absolute Gasteiger partial charge is 0.296 e. The van der Waals surface area contributed by atoms with Crippen LogP contribution in [0.2, 0.25) is 0 Å². The normalized spacial score (nSPS) is 11.9. The van der Waals surface area contributed by atoms with Crippen molar-refractivity contribution in [1.29, 1.82) is 0 Å². The SMILES string of the molecule is CCCn1c(-c2ccnn2C)nnc1S(=O)(=O)Cl. The molecule has 2 aromatic rings. The summed E-state index contributed by atoms with van der Waals surface area (Å²) in [4.78, 5) is 0. The van der Waals surface area contributed by atoms with Gasteiger partial charge in [0, 0.05) is 30.5 Å². The lowest BCUT2D eigenvalue weighted by Crippen LogP contribution is -2.09. The Balaban J connectivity index is 2.63. The summed E-state index contributed by atoms with van der Waals surface area (Å²) in [7, 11) is 3.18. The summed E-state index contributed by atoms with van der Waals surface area (Å²) >= 11 is 0. The fourth-order valence-electron chi connectivity index (χ4n) is 1.68. The van der Waals surface area contributed by atoms with Gasteiger partial charge in [0.1, 0.15) is 5.69 Å². The van der Waals surface area contributed by atoms with Gasteiger partial charge in [-0.1, -0.05) is 6.92 Å². The molecule has 2 aromatic heterocycles. The van der Waals surface area contributed by atoms with Gasteiger partial charge in [0.2, 0.25) is 0 Å². The number of aryl methyl sites for hydroxylation is 1. The van der Waals surface area contributed by atoms with E-state index in [-0.39, 0.29) is 5.16 Å². The van der Waals surface area contributed by atoms with Crippen molar-refractivity contribution < 1.29 is 8.42 Å². The molecule has 9 heteroatoms. The molecule has 0 aliphatic heterocycles. The Bertz CT molecular complexity index is 660. The zero-order chi connectivity index (χ0) is 13.3. The maximum Gasteiger partial charge on any atom is 0.296 e. The number of halogens is 1. The fraction of sp³-hybridized carbons (Fsp3) is 0.444. The van der Waals surface area contributed by atoms with Gasteiger partial charge in [0.15, 0.2) is 5.82 Å². The molecular weight excluding hydrogens is 278 g/mol. The molecule has 0 saturated heterocycles. The molecule has 2 heterocycles. The van der Waals surface area contributed by atoms with Crippen molar-refractivity contribution >= 4 is 19.7 Å². The summed E-state index contributed by atoms with van der Waals surface area (Å²) < 4.78 is 25.9. The molecule has 0 atom stereocenters. The van der Waals surface area contributed by atoms with E-state index in [4.69, 9.17) is 10.7 Å². The van der Waals surface area contributed by atoms with Gasteiger partial charge in [-0.25, -0.2) is 8.42 Å². The molecule has 0 spiro atoms. The molecule has 98 valence electrons. The van der Waals surface area contributed by atoms with Crippen molar-refractivity contribution in [3.05, 3.63) is 12.3 Å². The minimum absolute atomic E-state index is 0.234. The summed E-state index contributed by atoms with van der Waals surface area (Å²) in [5.74, 6) is 0.441. The molecule has 0 saturated carbocycles. The molecule has 0 aromatic carbocycles. The van der Waals surface area contributed by atoms with Crippen LogP contribution in [0.4, 0.5) is 0 Å². The van der Waals surface area contributed by atoms with Gasteiger partial charge in [-0.15, -0.1) is 10.2 Å². The first kappa shape index (κ1) is 13.0. The Morgan fingerprint density at radius 3 is 2.61 bits per heavy atom. The first-order valence-electron chi connectivity index (χ1n) is 5.31. The van der Waals surface area contributed by atoms with E-state index in [2.05, 4.69) is 15.3 Å². The van der Waals surface area contributed by atoms with E-state index in [1.54, 1.807) is 24.0 Å². The quantitative estimate of drug-likeness (QED) is 0.785. The molecule has 0 fully saturated rings. The van der Waals surface area contributed by atoms with E-state index in [1.165, 1.54) is 4.57 Å². The van der Waals surface area contributed by atoms with Gasteiger partial charge in [-0.3, -0.25) is 9.25 Å². The summed E-state index contributed by atoms with van der Waals surface area (Å²) in [6.45, 7) is 2.40. The van der Waals surface area contributed by atoms with E-state index in [9.17, 15) is 8.42 Å². The van der Waals surface area contributed by atoms with Crippen molar-refractivity contribution in [3.63, 3.8) is 0 Å². The first-order chi connectivity index (χ1) is 8.45. The molecule has 0 bridgehead atoms. The Labute approximate surface area is 109 Å². The van der Waals surface area contributed by atoms with E-state index >= 15 is 0 Å². The fourth-order valence-corrected chi connectivity index (χ4v) is 2.60. The number of hydrogen-bond donors (Lipinski definition) is 0. The topological polar surface area (TPSA) is 82.7 Å². The average molecular weight is 290 g/mol. The molecule has 0 unspecified atom stereocenters. The summed E-state index contributed by atoms with van der Waals surface area (Å²) in [5, 5.41) is 11.3. The van der Waals surface area contributed by atoms with Crippen molar-refractivity contribution in [1.82, 2.24) is 24.5 Å². The predicted octanol–water partition coefficient (Wildman–Crippen LogP) is 1.02. The maximum atomic E-state index is 11.4. The Kier molecular flexibility index (Phi) is 3.40. The van der Waals surface area contributed by atoms with Crippen molar-refractivity contribution in [2.45, 2.75) is 25.0 Å². The van der Waals surface area contributed by atoms with Crippen LogP contribution in [0.5, 0.6) is 0 Å². The third kappa shape index (κ3) is 2.25. The minimum Gasteiger partial charge on any atom is -0.296 e. The van der Waals surface area contributed by atoms with Crippen LogP contribution in [0, 0.1) is 0 Å². The molecule has 7 nitrogen and oxygen atoms in total. The lowest BCUT2D eigenvalue weighted by atomic mass is 10.4. The van der Waals surface area contributed by atoms with Gasteiger partial charge in [0.25, 0.3) is 14.2 Å². The molecule has 18 heavy (non-hydrogen) atoms. The van der Waals surface area contributed by atoms with Crippen LogP contribution >= 0.6 is 10.7 Å². The van der Waals surface area contributed by atoms with E-state index in [1.807, 2.05) is 6.92 Å². The third-order valence-electron chi connectivity index (χ3n) is 2.43. The van der Waals surface area contributed by atoms with Crippen LogP contribution < -0.4 is 0 Å². The second kappa shape index (κ2) is 4.69. The molecule has 0 aliphatic rings. The number of aromatic nitrogens is 5. The predicted molar refractivity (Wildman–Crippen MR) is 65.6 cm³/mol. The van der Waals surface area contributed by atoms with Crippen molar-refractivity contribution in [2.24, 2.45) is 7.05 Å². The highest BCUT2D eigenvalue weighted by Crippen LogP contribution is 2.22. The Morgan fingerprint density at radius 2 is 2.11 bits per heavy atom. The summed E-state index contributed by atoms with van der Waals surface area (Å²) in [6.07, 6.45) is 2.34. The largest absolute Gasteiger partial charge is 0.296 e. The molecule has 0 radical (unpaired) electrons. The zero-order valence-electron chi connectivity index (χ0n) is 9.91. The van der Waals surface area contributed by atoms with Gasteiger partial charge in [-0.2, -0.15) is 5.10 Å². The lowest BCUT2D eigenvalue weighted by molar-refractivity contribution is 0.568. The van der Waals surface area contributed by atoms with E-state index in [0.29, 0.717) is 18.1 Å². The first-order valence-corrected chi connectivity index (χ1v) is 7.62. The highest BCUT2D eigenvalue weighted by molar-refractivity contribution is 8.13. The van der Waals surface area contributed by atoms with Crippen LogP contribution in [-0.4, -0.2) is 33.0 Å². The van der Waals surface area contributed by atoms with Gasteiger partial charge < -0.3 is 0 Å². The van der Waals surface area contributed by atoms with Crippen molar-refractivity contribution in [3.8, 4) is 11.5 Å². The van der Waals surface area contributed by atoms with Crippen LogP contribution in [0.25, 0.3) is 11.5 Å². The molecule has 0 amide bonds. The zero-order valence-corrected chi connectivity index (χ0v) is 11.5. The van der Waals surface area contributed by atoms with E-state index < -0.39 is 9.05 Å². The van der Waals surface area contributed by atoms with Gasteiger partial charge in [-0.05, 0) is 12.5 Å².